The lowest BCUT2D eigenvalue weighted by molar-refractivity contribution is -0.148. The monoisotopic (exact) mass is 490 g/mol. The van der Waals surface area contributed by atoms with Crippen LogP contribution < -0.4 is 15.4 Å². The summed E-state index contributed by atoms with van der Waals surface area (Å²) in [6.07, 6.45) is 1.56. The zero-order valence-corrected chi connectivity index (χ0v) is 20.1. The van der Waals surface area contributed by atoms with E-state index in [1.165, 1.54) is 12.1 Å². The van der Waals surface area contributed by atoms with E-state index >= 15 is 0 Å². The van der Waals surface area contributed by atoms with Gasteiger partial charge >= 0.3 is 5.97 Å². The number of anilines is 2. The van der Waals surface area contributed by atoms with E-state index < -0.39 is 0 Å². The van der Waals surface area contributed by atoms with Crippen LogP contribution in [0.15, 0.2) is 48.5 Å². The standard InChI is InChI=1S/C26H27FN6O3/c1-3-36-25(34)17-5-4-14-32(15-17)26-29-22(16-6-8-18(27)9-7-16)21-23(28)33(31-24(21)30-26)19-10-12-20(35-2)13-11-19/h6-13,17H,3-5,14-15,28H2,1-2H3. The van der Waals surface area contributed by atoms with Crippen LogP contribution in [0.25, 0.3) is 28.0 Å². The molecular weight excluding hydrogens is 463 g/mol. The van der Waals surface area contributed by atoms with Crippen molar-refractivity contribution in [1.29, 1.82) is 0 Å². The first-order valence-electron chi connectivity index (χ1n) is 11.9. The van der Waals surface area contributed by atoms with E-state index in [0.29, 0.717) is 59.5 Å². The quantitative estimate of drug-likeness (QED) is 0.404. The highest BCUT2D eigenvalue weighted by Crippen LogP contribution is 2.34. The molecule has 36 heavy (non-hydrogen) atoms. The van der Waals surface area contributed by atoms with Crippen LogP contribution in [-0.2, 0) is 9.53 Å². The van der Waals surface area contributed by atoms with E-state index in [-0.39, 0.29) is 17.7 Å². The summed E-state index contributed by atoms with van der Waals surface area (Å²) < 4.78 is 25.8. The summed E-state index contributed by atoms with van der Waals surface area (Å²) in [4.78, 5) is 23.9. The molecule has 3 heterocycles. The van der Waals surface area contributed by atoms with Gasteiger partial charge in [0.25, 0.3) is 0 Å². The minimum atomic E-state index is -0.348. The van der Waals surface area contributed by atoms with Crippen LogP contribution in [0.1, 0.15) is 19.8 Å². The Balaban J connectivity index is 1.62. The number of methoxy groups -OCH3 is 1. The van der Waals surface area contributed by atoms with E-state index in [1.807, 2.05) is 29.2 Å². The number of hydrogen-bond donors (Lipinski definition) is 1. The molecule has 0 amide bonds. The second kappa shape index (κ2) is 9.80. The van der Waals surface area contributed by atoms with Crippen molar-refractivity contribution in [2.75, 3.05) is 37.4 Å². The number of nitrogen functional groups attached to an aromatic ring is 1. The predicted molar refractivity (Wildman–Crippen MR) is 135 cm³/mol. The van der Waals surface area contributed by atoms with Gasteiger partial charge in [0.05, 0.1) is 36.4 Å². The fourth-order valence-electron chi connectivity index (χ4n) is 4.49. The first kappa shape index (κ1) is 23.5. The molecule has 1 unspecified atom stereocenters. The normalized spacial score (nSPS) is 15.8. The molecule has 1 aliphatic rings. The van der Waals surface area contributed by atoms with E-state index in [9.17, 15) is 9.18 Å². The summed E-state index contributed by atoms with van der Waals surface area (Å²) in [6.45, 7) is 3.28. The SMILES string of the molecule is CCOC(=O)C1CCCN(c2nc(-c3ccc(F)cc3)c3c(N)n(-c4ccc(OC)cc4)nc3n2)C1. The van der Waals surface area contributed by atoms with Gasteiger partial charge in [0.15, 0.2) is 5.65 Å². The van der Waals surface area contributed by atoms with Gasteiger partial charge in [0.1, 0.15) is 17.4 Å². The lowest BCUT2D eigenvalue weighted by atomic mass is 9.98. The molecule has 186 valence electrons. The Kier molecular flexibility index (Phi) is 6.41. The van der Waals surface area contributed by atoms with Gasteiger partial charge in [-0.15, -0.1) is 5.10 Å². The Labute approximate surface area is 207 Å². The topological polar surface area (TPSA) is 108 Å². The predicted octanol–water partition coefficient (Wildman–Crippen LogP) is 3.99. The fourth-order valence-corrected chi connectivity index (χ4v) is 4.49. The summed E-state index contributed by atoms with van der Waals surface area (Å²) in [5, 5.41) is 5.26. The number of piperidine rings is 1. The molecule has 2 aromatic carbocycles. The Morgan fingerprint density at radius 1 is 1.14 bits per heavy atom. The molecule has 0 aliphatic carbocycles. The van der Waals surface area contributed by atoms with Crippen molar-refractivity contribution in [2.45, 2.75) is 19.8 Å². The number of rotatable bonds is 6. The number of ether oxygens (including phenoxy) is 2. The number of hydrogen-bond acceptors (Lipinski definition) is 8. The summed E-state index contributed by atoms with van der Waals surface area (Å²) >= 11 is 0. The molecule has 0 bridgehead atoms. The largest absolute Gasteiger partial charge is 0.497 e. The Bertz CT molecular complexity index is 1390. The summed E-state index contributed by atoms with van der Waals surface area (Å²) in [7, 11) is 1.60. The molecule has 0 radical (unpaired) electrons. The van der Waals surface area contributed by atoms with Crippen LogP contribution in [0.2, 0.25) is 0 Å². The van der Waals surface area contributed by atoms with E-state index in [2.05, 4.69) is 5.10 Å². The van der Waals surface area contributed by atoms with Crippen molar-refractivity contribution in [3.63, 3.8) is 0 Å². The molecule has 9 nitrogen and oxygen atoms in total. The second-order valence-electron chi connectivity index (χ2n) is 8.61. The first-order chi connectivity index (χ1) is 17.5. The third-order valence-electron chi connectivity index (χ3n) is 6.32. The minimum absolute atomic E-state index is 0.213. The Morgan fingerprint density at radius 3 is 2.58 bits per heavy atom. The molecule has 10 heteroatoms. The molecule has 4 aromatic rings. The van der Waals surface area contributed by atoms with Gasteiger partial charge in [-0.3, -0.25) is 4.79 Å². The van der Waals surface area contributed by atoms with Crippen molar-refractivity contribution in [3.8, 4) is 22.7 Å². The molecule has 0 spiro atoms. The van der Waals surface area contributed by atoms with Crippen molar-refractivity contribution in [2.24, 2.45) is 5.92 Å². The van der Waals surface area contributed by atoms with Crippen molar-refractivity contribution in [3.05, 3.63) is 54.3 Å². The maximum Gasteiger partial charge on any atom is 0.310 e. The average molecular weight is 491 g/mol. The van der Waals surface area contributed by atoms with Gasteiger partial charge in [-0.05, 0) is 68.3 Å². The number of fused-ring (bicyclic) bond motifs is 1. The van der Waals surface area contributed by atoms with Gasteiger partial charge in [-0.2, -0.15) is 4.98 Å². The zero-order valence-electron chi connectivity index (χ0n) is 20.1. The van der Waals surface area contributed by atoms with Crippen LogP contribution in [0, 0.1) is 11.7 Å². The summed E-state index contributed by atoms with van der Waals surface area (Å²) in [5.41, 5.74) is 8.95. The highest BCUT2D eigenvalue weighted by atomic mass is 19.1. The third kappa shape index (κ3) is 4.41. The first-order valence-corrected chi connectivity index (χ1v) is 11.9. The lowest BCUT2D eigenvalue weighted by Gasteiger charge is -2.31. The number of esters is 1. The molecule has 2 N–H and O–H groups in total. The van der Waals surface area contributed by atoms with Gasteiger partial charge in [0, 0.05) is 18.7 Å². The van der Waals surface area contributed by atoms with Crippen LogP contribution in [0.5, 0.6) is 5.75 Å². The number of aromatic nitrogens is 4. The van der Waals surface area contributed by atoms with Crippen molar-refractivity contribution >= 4 is 28.8 Å². The summed E-state index contributed by atoms with van der Waals surface area (Å²) in [5.74, 6) is 0.701. The van der Waals surface area contributed by atoms with E-state index in [4.69, 9.17) is 25.2 Å². The smallest absolute Gasteiger partial charge is 0.310 e. The number of carbonyl (C=O) groups is 1. The van der Waals surface area contributed by atoms with Crippen molar-refractivity contribution in [1.82, 2.24) is 19.7 Å². The zero-order chi connectivity index (χ0) is 25.2. The molecule has 1 aliphatic heterocycles. The molecule has 1 fully saturated rings. The maximum atomic E-state index is 13.7. The van der Waals surface area contributed by atoms with Gasteiger partial charge < -0.3 is 20.1 Å². The number of nitrogens with two attached hydrogens (primary N) is 1. The minimum Gasteiger partial charge on any atom is -0.497 e. The van der Waals surface area contributed by atoms with Crippen LogP contribution in [-0.4, -0.2) is 52.5 Å². The van der Waals surface area contributed by atoms with E-state index in [0.717, 1.165) is 18.5 Å². The molecular formula is C26H27FN6O3. The van der Waals surface area contributed by atoms with Gasteiger partial charge in [-0.1, -0.05) is 0 Å². The lowest BCUT2D eigenvalue weighted by Crippen LogP contribution is -2.40. The third-order valence-corrected chi connectivity index (χ3v) is 6.32. The Morgan fingerprint density at radius 2 is 1.89 bits per heavy atom. The molecule has 5 rings (SSSR count). The molecule has 0 saturated carbocycles. The molecule has 1 atom stereocenters. The van der Waals surface area contributed by atoms with Crippen LogP contribution >= 0.6 is 0 Å². The van der Waals surface area contributed by atoms with Gasteiger partial charge in [-0.25, -0.2) is 14.1 Å². The number of halogens is 1. The average Bonchev–Trinajstić information content (AvgIpc) is 3.25. The van der Waals surface area contributed by atoms with Crippen LogP contribution in [0.4, 0.5) is 16.2 Å². The summed E-state index contributed by atoms with van der Waals surface area (Å²) in [6, 6.07) is 13.4. The molecule has 2 aromatic heterocycles. The maximum absolute atomic E-state index is 13.7. The number of benzene rings is 2. The molecule has 1 saturated heterocycles. The second-order valence-corrected chi connectivity index (χ2v) is 8.61. The highest BCUT2D eigenvalue weighted by Gasteiger charge is 2.29. The number of nitrogens with zero attached hydrogens (tertiary/aromatic N) is 5. The van der Waals surface area contributed by atoms with E-state index in [1.54, 1.807) is 30.8 Å². The number of carbonyl (C=O) groups excluding carboxylic acids is 1. The Hall–Kier alpha value is -4.21. The highest BCUT2D eigenvalue weighted by molar-refractivity contribution is 5.99. The van der Waals surface area contributed by atoms with Crippen molar-refractivity contribution < 1.29 is 18.7 Å². The van der Waals surface area contributed by atoms with Crippen LogP contribution in [0.3, 0.4) is 0 Å². The van der Waals surface area contributed by atoms with Gasteiger partial charge in [0.2, 0.25) is 5.95 Å². The fraction of sp³-hybridized carbons (Fsp3) is 0.308.